The number of hydrogen-bond acceptors (Lipinski definition) is 3. The lowest BCUT2D eigenvalue weighted by molar-refractivity contribution is 0.0256. The van der Waals surface area contributed by atoms with E-state index >= 15 is 0 Å². The highest BCUT2D eigenvalue weighted by atomic mass is 35.5. The number of aromatic nitrogens is 2. The highest BCUT2D eigenvalue weighted by Gasteiger charge is 2.38. The predicted octanol–water partition coefficient (Wildman–Crippen LogP) is 3.64. The summed E-state index contributed by atoms with van der Waals surface area (Å²) >= 11 is 5.98. The van der Waals surface area contributed by atoms with Gasteiger partial charge in [0.2, 0.25) is 0 Å². The molecule has 1 saturated heterocycles. The van der Waals surface area contributed by atoms with Crippen LogP contribution in [0.2, 0.25) is 5.15 Å². The zero-order valence-electron chi connectivity index (χ0n) is 10.6. The third-order valence-corrected chi connectivity index (χ3v) is 3.40. The molecule has 2 aromatic rings. The normalized spacial score (nSPS) is 17.4. The van der Waals surface area contributed by atoms with Gasteiger partial charge in [-0.2, -0.15) is 0 Å². The van der Waals surface area contributed by atoms with Crippen LogP contribution in [0.4, 0.5) is 14.6 Å². The van der Waals surface area contributed by atoms with Crippen molar-refractivity contribution in [2.45, 2.75) is 12.3 Å². The van der Waals surface area contributed by atoms with E-state index in [1.54, 1.807) is 4.90 Å². The highest BCUT2D eigenvalue weighted by Crippen LogP contribution is 2.31. The van der Waals surface area contributed by atoms with E-state index in [9.17, 15) is 8.78 Å². The first-order valence-corrected chi connectivity index (χ1v) is 6.64. The smallest absolute Gasteiger partial charge is 0.266 e. The van der Waals surface area contributed by atoms with Gasteiger partial charge in [-0.1, -0.05) is 41.9 Å². The Morgan fingerprint density at radius 1 is 1.15 bits per heavy atom. The van der Waals surface area contributed by atoms with Crippen molar-refractivity contribution in [2.24, 2.45) is 0 Å². The van der Waals surface area contributed by atoms with Crippen LogP contribution >= 0.6 is 11.6 Å². The predicted molar refractivity (Wildman–Crippen MR) is 74.3 cm³/mol. The summed E-state index contributed by atoms with van der Waals surface area (Å²) in [5, 5.41) is 0.254. The van der Waals surface area contributed by atoms with E-state index in [0.717, 1.165) is 5.56 Å². The van der Waals surface area contributed by atoms with Gasteiger partial charge in [-0.15, -0.1) is 0 Å². The number of alkyl halides is 2. The molecule has 1 fully saturated rings. The summed E-state index contributed by atoms with van der Waals surface area (Å²) in [6.07, 6.45) is -0.157. The first-order valence-electron chi connectivity index (χ1n) is 6.26. The molecule has 20 heavy (non-hydrogen) atoms. The summed E-state index contributed by atoms with van der Waals surface area (Å²) < 4.78 is 26.6. The van der Waals surface area contributed by atoms with Crippen LogP contribution < -0.4 is 4.90 Å². The Hall–Kier alpha value is -1.75. The molecule has 0 radical (unpaired) electrons. The Balaban J connectivity index is 1.96. The first-order chi connectivity index (χ1) is 9.53. The number of rotatable bonds is 2. The Kier molecular flexibility index (Phi) is 3.30. The second kappa shape index (κ2) is 4.98. The van der Waals surface area contributed by atoms with Gasteiger partial charge in [0.25, 0.3) is 5.92 Å². The van der Waals surface area contributed by atoms with E-state index in [2.05, 4.69) is 9.97 Å². The van der Waals surface area contributed by atoms with E-state index in [0.29, 0.717) is 11.6 Å². The molecule has 0 unspecified atom stereocenters. The molecular formula is C14H12ClF2N3. The average molecular weight is 296 g/mol. The molecule has 3 rings (SSSR count). The Bertz CT molecular complexity index is 619. The molecule has 1 aromatic carbocycles. The summed E-state index contributed by atoms with van der Waals surface area (Å²) in [4.78, 5) is 10.0. The van der Waals surface area contributed by atoms with Gasteiger partial charge in [-0.05, 0) is 0 Å². The van der Waals surface area contributed by atoms with E-state index in [1.807, 2.05) is 30.3 Å². The highest BCUT2D eigenvalue weighted by molar-refractivity contribution is 6.29. The molecule has 0 saturated carbocycles. The van der Waals surface area contributed by atoms with Crippen molar-refractivity contribution in [3.05, 3.63) is 41.6 Å². The molecule has 6 heteroatoms. The summed E-state index contributed by atoms with van der Waals surface area (Å²) in [6, 6.07) is 10.8. The zero-order chi connectivity index (χ0) is 14.2. The van der Waals surface area contributed by atoms with Crippen LogP contribution in [0.3, 0.4) is 0 Å². The van der Waals surface area contributed by atoms with Gasteiger partial charge in [0.15, 0.2) is 5.82 Å². The lowest BCUT2D eigenvalue weighted by atomic mass is 10.2. The molecule has 1 aliphatic rings. The van der Waals surface area contributed by atoms with Crippen molar-refractivity contribution < 1.29 is 8.78 Å². The fraction of sp³-hybridized carbons (Fsp3) is 0.286. The minimum atomic E-state index is -2.66. The Morgan fingerprint density at radius 3 is 2.55 bits per heavy atom. The quantitative estimate of drug-likeness (QED) is 0.792. The zero-order valence-corrected chi connectivity index (χ0v) is 11.3. The van der Waals surface area contributed by atoms with Crippen LogP contribution in [0.25, 0.3) is 11.4 Å². The average Bonchev–Trinajstić information content (AvgIpc) is 2.79. The van der Waals surface area contributed by atoms with Crippen molar-refractivity contribution in [2.75, 3.05) is 18.0 Å². The lowest BCUT2D eigenvalue weighted by Crippen LogP contribution is -2.25. The largest absolute Gasteiger partial charge is 0.350 e. The molecule has 3 nitrogen and oxygen atoms in total. The summed E-state index contributed by atoms with van der Waals surface area (Å²) in [7, 11) is 0. The van der Waals surface area contributed by atoms with Gasteiger partial charge in [-0.3, -0.25) is 0 Å². The van der Waals surface area contributed by atoms with E-state index in [4.69, 9.17) is 11.6 Å². The standard InChI is InChI=1S/C14H12ClF2N3/c15-11-8-12(20-7-6-14(16,17)9-20)19-13(18-11)10-4-2-1-3-5-10/h1-5,8H,6-7,9H2. The SMILES string of the molecule is FC1(F)CCN(c2cc(Cl)nc(-c3ccccc3)n2)C1. The number of hydrogen-bond donors (Lipinski definition) is 0. The van der Waals surface area contributed by atoms with Crippen LogP contribution in [-0.2, 0) is 0 Å². The van der Waals surface area contributed by atoms with Crippen LogP contribution in [0.1, 0.15) is 6.42 Å². The Labute approximate surface area is 120 Å². The summed E-state index contributed by atoms with van der Waals surface area (Å²) in [5.74, 6) is -1.77. The second-order valence-electron chi connectivity index (χ2n) is 4.77. The monoisotopic (exact) mass is 295 g/mol. The molecule has 0 amide bonds. The second-order valence-corrected chi connectivity index (χ2v) is 5.15. The van der Waals surface area contributed by atoms with E-state index < -0.39 is 5.92 Å². The minimum absolute atomic E-state index is 0.157. The molecule has 0 N–H and O–H groups in total. The maximum Gasteiger partial charge on any atom is 0.266 e. The fourth-order valence-electron chi connectivity index (χ4n) is 2.22. The summed E-state index contributed by atoms with van der Waals surface area (Å²) in [5.41, 5.74) is 0.808. The fourth-order valence-corrected chi connectivity index (χ4v) is 2.39. The molecule has 2 heterocycles. The molecule has 0 bridgehead atoms. The molecule has 0 aliphatic carbocycles. The third-order valence-electron chi connectivity index (χ3n) is 3.21. The van der Waals surface area contributed by atoms with Gasteiger partial charge in [0, 0.05) is 24.6 Å². The van der Waals surface area contributed by atoms with Crippen LogP contribution in [-0.4, -0.2) is 29.0 Å². The van der Waals surface area contributed by atoms with Crippen LogP contribution in [0, 0.1) is 0 Å². The first kappa shape index (κ1) is 13.2. The number of halogens is 3. The van der Waals surface area contributed by atoms with Crippen molar-refractivity contribution in [1.82, 2.24) is 9.97 Å². The van der Waals surface area contributed by atoms with Crippen molar-refractivity contribution in [1.29, 1.82) is 0 Å². The number of anilines is 1. The van der Waals surface area contributed by atoms with Crippen LogP contribution in [0.5, 0.6) is 0 Å². The molecule has 0 spiro atoms. The number of nitrogens with zero attached hydrogens (tertiary/aromatic N) is 3. The van der Waals surface area contributed by atoms with E-state index in [-0.39, 0.29) is 24.7 Å². The van der Waals surface area contributed by atoms with Crippen molar-refractivity contribution in [3.8, 4) is 11.4 Å². The van der Waals surface area contributed by atoms with Gasteiger partial charge >= 0.3 is 0 Å². The Morgan fingerprint density at radius 2 is 1.90 bits per heavy atom. The molecule has 0 atom stereocenters. The van der Waals surface area contributed by atoms with E-state index in [1.165, 1.54) is 6.07 Å². The van der Waals surface area contributed by atoms with Gasteiger partial charge in [0.1, 0.15) is 11.0 Å². The maximum absolute atomic E-state index is 13.3. The molecule has 1 aliphatic heterocycles. The molecular weight excluding hydrogens is 284 g/mol. The molecule has 104 valence electrons. The minimum Gasteiger partial charge on any atom is -0.350 e. The van der Waals surface area contributed by atoms with Crippen molar-refractivity contribution in [3.63, 3.8) is 0 Å². The topological polar surface area (TPSA) is 29.0 Å². The van der Waals surface area contributed by atoms with Crippen molar-refractivity contribution >= 4 is 17.4 Å². The number of benzene rings is 1. The van der Waals surface area contributed by atoms with Gasteiger partial charge in [0.05, 0.1) is 6.54 Å². The lowest BCUT2D eigenvalue weighted by Gasteiger charge is -2.17. The summed E-state index contributed by atoms with van der Waals surface area (Å²) in [6.45, 7) is -0.0524. The third kappa shape index (κ3) is 2.72. The van der Waals surface area contributed by atoms with Crippen LogP contribution in [0.15, 0.2) is 36.4 Å². The maximum atomic E-state index is 13.3. The van der Waals surface area contributed by atoms with Gasteiger partial charge in [-0.25, -0.2) is 18.7 Å². The molecule has 1 aromatic heterocycles. The van der Waals surface area contributed by atoms with Gasteiger partial charge < -0.3 is 4.90 Å².